The molecule has 2 aromatic heterocycles. The summed E-state index contributed by atoms with van der Waals surface area (Å²) in [5.74, 6) is -0.264. The zero-order chi connectivity index (χ0) is 29.5. The molecule has 0 unspecified atom stereocenters. The van der Waals surface area contributed by atoms with E-state index in [2.05, 4.69) is 10.3 Å². The summed E-state index contributed by atoms with van der Waals surface area (Å²) in [5, 5.41) is 4.96. The van der Waals surface area contributed by atoms with Gasteiger partial charge in [-0.25, -0.2) is 4.98 Å². The van der Waals surface area contributed by atoms with E-state index < -0.39 is 0 Å². The lowest BCUT2D eigenvalue weighted by Gasteiger charge is -2.23. The molecule has 0 radical (unpaired) electrons. The third-order valence-corrected chi connectivity index (χ3v) is 8.93. The normalized spacial score (nSPS) is 14.9. The molecule has 5 aromatic rings. The summed E-state index contributed by atoms with van der Waals surface area (Å²) < 4.78 is 0. The van der Waals surface area contributed by atoms with Gasteiger partial charge in [0.2, 0.25) is 0 Å². The summed E-state index contributed by atoms with van der Waals surface area (Å²) in [6.07, 6.45) is 8.43. The molecular formula is C35H26Cl2N4O2. The lowest BCUT2D eigenvalue weighted by atomic mass is 9.85. The SMILES string of the molecule is O=C(Nc1ccc2c(c1)CCN2C(=O)c1cccnc1)c1c2c(nc3ccccc13)/C(=C/c1cccc(Cl)c1Cl)CCC2. The topological polar surface area (TPSA) is 75.2 Å². The first kappa shape index (κ1) is 27.3. The molecule has 0 saturated heterocycles. The molecule has 3 heterocycles. The smallest absolute Gasteiger partial charge is 0.259 e. The lowest BCUT2D eigenvalue weighted by Crippen LogP contribution is -2.28. The number of hydrogen-bond donors (Lipinski definition) is 1. The Morgan fingerprint density at radius 1 is 0.930 bits per heavy atom. The van der Waals surface area contributed by atoms with Crippen molar-refractivity contribution >= 4 is 68.9 Å². The van der Waals surface area contributed by atoms with E-state index in [1.54, 1.807) is 35.5 Å². The molecule has 43 heavy (non-hydrogen) atoms. The van der Waals surface area contributed by atoms with Crippen LogP contribution in [0.4, 0.5) is 11.4 Å². The van der Waals surface area contributed by atoms with E-state index in [-0.39, 0.29) is 11.8 Å². The number of carbonyl (C=O) groups excluding carboxylic acids is 2. The first-order chi connectivity index (χ1) is 21.0. The number of rotatable bonds is 4. The van der Waals surface area contributed by atoms with Crippen LogP contribution in [0.15, 0.2) is 85.2 Å². The molecule has 2 aliphatic rings. The van der Waals surface area contributed by atoms with Crippen molar-refractivity contribution in [2.45, 2.75) is 25.7 Å². The molecule has 1 aliphatic heterocycles. The van der Waals surface area contributed by atoms with Gasteiger partial charge in [-0.05, 0) is 96.5 Å². The second-order valence-electron chi connectivity index (χ2n) is 10.7. The van der Waals surface area contributed by atoms with Gasteiger partial charge in [-0.3, -0.25) is 14.6 Å². The van der Waals surface area contributed by atoms with Gasteiger partial charge in [0.15, 0.2) is 0 Å². The molecule has 2 amide bonds. The second-order valence-corrected chi connectivity index (χ2v) is 11.5. The summed E-state index contributed by atoms with van der Waals surface area (Å²) in [4.78, 5) is 38.0. The van der Waals surface area contributed by atoms with Crippen LogP contribution in [0.5, 0.6) is 0 Å². The van der Waals surface area contributed by atoms with Crippen LogP contribution in [0, 0.1) is 0 Å². The average molecular weight is 606 g/mol. The molecule has 0 atom stereocenters. The maximum absolute atomic E-state index is 14.1. The number of hydrogen-bond acceptors (Lipinski definition) is 4. The van der Waals surface area contributed by atoms with Crippen molar-refractivity contribution in [2.24, 2.45) is 0 Å². The Morgan fingerprint density at radius 3 is 2.67 bits per heavy atom. The van der Waals surface area contributed by atoms with Gasteiger partial charge in [-0.1, -0.05) is 53.5 Å². The minimum atomic E-state index is -0.182. The molecule has 8 heteroatoms. The number of aromatic nitrogens is 2. The first-order valence-electron chi connectivity index (χ1n) is 14.2. The second kappa shape index (κ2) is 11.3. The Balaban J connectivity index is 1.24. The number of amides is 2. The molecular weight excluding hydrogens is 579 g/mol. The third-order valence-electron chi connectivity index (χ3n) is 8.10. The number of allylic oxidation sites excluding steroid dienone is 1. The van der Waals surface area contributed by atoms with Gasteiger partial charge in [-0.2, -0.15) is 0 Å². The first-order valence-corrected chi connectivity index (χ1v) is 15.0. The van der Waals surface area contributed by atoms with Crippen LogP contribution < -0.4 is 10.2 Å². The monoisotopic (exact) mass is 604 g/mol. The van der Waals surface area contributed by atoms with Crippen LogP contribution in [0.2, 0.25) is 10.0 Å². The van der Waals surface area contributed by atoms with E-state index in [0.717, 1.165) is 63.8 Å². The molecule has 212 valence electrons. The Labute approximate surface area is 259 Å². The van der Waals surface area contributed by atoms with Crippen molar-refractivity contribution in [1.82, 2.24) is 9.97 Å². The number of carbonyl (C=O) groups is 2. The van der Waals surface area contributed by atoms with Crippen LogP contribution in [-0.4, -0.2) is 28.3 Å². The highest BCUT2D eigenvalue weighted by molar-refractivity contribution is 6.43. The Bertz CT molecular complexity index is 1960. The minimum Gasteiger partial charge on any atom is -0.322 e. The predicted molar refractivity (Wildman–Crippen MR) is 173 cm³/mol. The zero-order valence-corrected chi connectivity index (χ0v) is 24.6. The highest BCUT2D eigenvalue weighted by Crippen LogP contribution is 2.38. The van der Waals surface area contributed by atoms with E-state index in [1.807, 2.05) is 60.7 Å². The van der Waals surface area contributed by atoms with Gasteiger partial charge in [0.05, 0.1) is 32.4 Å². The fraction of sp³-hybridized carbons (Fsp3) is 0.143. The molecule has 1 aliphatic carbocycles. The van der Waals surface area contributed by atoms with E-state index in [9.17, 15) is 9.59 Å². The molecule has 1 N–H and O–H groups in total. The molecule has 3 aromatic carbocycles. The molecule has 0 fully saturated rings. The van der Waals surface area contributed by atoms with Gasteiger partial charge in [-0.15, -0.1) is 0 Å². The number of nitrogens with zero attached hydrogens (tertiary/aromatic N) is 3. The molecule has 0 saturated carbocycles. The number of halogens is 2. The Hall–Kier alpha value is -4.52. The van der Waals surface area contributed by atoms with Crippen molar-refractivity contribution in [3.05, 3.63) is 129 Å². The number of benzene rings is 3. The largest absolute Gasteiger partial charge is 0.322 e. The summed E-state index contributed by atoms with van der Waals surface area (Å²) in [6, 6.07) is 22.6. The van der Waals surface area contributed by atoms with Crippen molar-refractivity contribution < 1.29 is 9.59 Å². The van der Waals surface area contributed by atoms with Crippen molar-refractivity contribution in [2.75, 3.05) is 16.8 Å². The highest BCUT2D eigenvalue weighted by Gasteiger charge is 2.28. The minimum absolute atomic E-state index is 0.0820. The van der Waals surface area contributed by atoms with Crippen LogP contribution >= 0.6 is 23.2 Å². The number of anilines is 2. The number of nitrogens with one attached hydrogen (secondary N) is 1. The molecule has 0 spiro atoms. The number of pyridine rings is 2. The van der Waals surface area contributed by atoms with Crippen molar-refractivity contribution in [3.8, 4) is 0 Å². The number of fused-ring (bicyclic) bond motifs is 3. The fourth-order valence-corrected chi connectivity index (χ4v) is 6.45. The summed E-state index contributed by atoms with van der Waals surface area (Å²) >= 11 is 12.8. The van der Waals surface area contributed by atoms with Crippen molar-refractivity contribution in [3.63, 3.8) is 0 Å². The van der Waals surface area contributed by atoms with Crippen LogP contribution in [0.25, 0.3) is 22.6 Å². The third kappa shape index (κ3) is 5.07. The molecule has 6 nitrogen and oxygen atoms in total. The van der Waals surface area contributed by atoms with Gasteiger partial charge >= 0.3 is 0 Å². The van der Waals surface area contributed by atoms with Gasteiger partial charge in [0.1, 0.15) is 0 Å². The maximum Gasteiger partial charge on any atom is 0.259 e. The Morgan fingerprint density at radius 2 is 1.81 bits per heavy atom. The number of para-hydroxylation sites is 1. The molecule has 0 bridgehead atoms. The van der Waals surface area contributed by atoms with Gasteiger partial charge in [0.25, 0.3) is 11.8 Å². The summed E-state index contributed by atoms with van der Waals surface area (Å²) in [5.41, 5.74) is 8.11. The highest BCUT2D eigenvalue weighted by atomic mass is 35.5. The quantitative estimate of drug-likeness (QED) is 0.224. The fourth-order valence-electron chi connectivity index (χ4n) is 6.08. The predicted octanol–water partition coefficient (Wildman–Crippen LogP) is 8.27. The van der Waals surface area contributed by atoms with Crippen LogP contribution in [0.1, 0.15) is 55.9 Å². The van der Waals surface area contributed by atoms with Gasteiger partial charge < -0.3 is 10.2 Å². The molecule has 7 rings (SSSR count). The van der Waals surface area contributed by atoms with E-state index in [0.29, 0.717) is 39.8 Å². The zero-order valence-electron chi connectivity index (χ0n) is 23.1. The van der Waals surface area contributed by atoms with E-state index in [1.165, 1.54) is 0 Å². The average Bonchev–Trinajstić information content (AvgIpc) is 3.45. The van der Waals surface area contributed by atoms with Crippen molar-refractivity contribution in [1.29, 1.82) is 0 Å². The van der Waals surface area contributed by atoms with E-state index >= 15 is 0 Å². The maximum atomic E-state index is 14.1. The summed E-state index contributed by atoms with van der Waals surface area (Å²) in [6.45, 7) is 0.578. The summed E-state index contributed by atoms with van der Waals surface area (Å²) in [7, 11) is 0. The standard InChI is InChI=1S/C35H26Cl2N4O2/c36-28-11-4-6-22(32(28)37)18-23-7-3-10-27-31(26-9-1-2-12-29(26)40-33(23)27)34(42)39-25-13-14-30-21(19-25)15-17-41(30)35(43)24-8-5-16-38-20-24/h1-2,4-6,8-9,11-14,16,18-20H,3,7,10,15,17H2,(H,39,42)/b23-18+. The van der Waals surface area contributed by atoms with E-state index in [4.69, 9.17) is 28.2 Å². The van der Waals surface area contributed by atoms with Gasteiger partial charge in [0, 0.05) is 35.7 Å². The van der Waals surface area contributed by atoms with Crippen LogP contribution in [-0.2, 0) is 12.8 Å². The lowest BCUT2D eigenvalue weighted by molar-refractivity contribution is 0.0987. The Kier molecular flexibility index (Phi) is 7.17. The van der Waals surface area contributed by atoms with Crippen LogP contribution in [0.3, 0.4) is 0 Å².